The molecule has 6 heteroatoms. The lowest BCUT2D eigenvalue weighted by Gasteiger charge is -2.33. The average Bonchev–Trinajstić information content (AvgIpc) is 2.80. The Morgan fingerprint density at radius 2 is 1.94 bits per heavy atom. The largest absolute Gasteiger partial charge is 0.355 e. The van der Waals surface area contributed by atoms with Gasteiger partial charge in [0.2, 0.25) is 5.91 Å². The van der Waals surface area contributed by atoms with E-state index < -0.39 is 0 Å². The molecule has 31 heavy (non-hydrogen) atoms. The van der Waals surface area contributed by atoms with Gasteiger partial charge in [0.15, 0.2) is 5.82 Å². The number of likely N-dealkylation sites (tertiary alicyclic amines) is 1. The van der Waals surface area contributed by atoms with E-state index in [1.807, 2.05) is 18.2 Å². The molecule has 4 rings (SSSR count). The van der Waals surface area contributed by atoms with Crippen LogP contribution in [-0.4, -0.2) is 60.3 Å². The summed E-state index contributed by atoms with van der Waals surface area (Å²) in [5.41, 5.74) is 3.17. The molecule has 1 atom stereocenters. The Morgan fingerprint density at radius 1 is 1.10 bits per heavy atom. The van der Waals surface area contributed by atoms with Gasteiger partial charge < -0.3 is 15.1 Å². The molecule has 166 valence electrons. The number of hydrogen-bond donors (Lipinski definition) is 1. The number of carbonyl (C=O) groups is 1. The highest BCUT2D eigenvalue weighted by molar-refractivity contribution is 5.79. The lowest BCUT2D eigenvalue weighted by atomic mass is 9.97. The number of piperidine rings is 2. The zero-order valence-electron chi connectivity index (χ0n) is 18.9. The molecule has 2 fully saturated rings. The quantitative estimate of drug-likeness (QED) is 0.773. The van der Waals surface area contributed by atoms with E-state index in [9.17, 15) is 4.79 Å². The van der Waals surface area contributed by atoms with Gasteiger partial charge in [0.25, 0.3) is 0 Å². The molecule has 0 unspecified atom stereocenters. The summed E-state index contributed by atoms with van der Waals surface area (Å²) in [5, 5.41) is 12.1. The van der Waals surface area contributed by atoms with E-state index in [-0.39, 0.29) is 11.8 Å². The molecule has 6 nitrogen and oxygen atoms in total. The number of nitrogens with zero attached hydrogens (tertiary/aromatic N) is 4. The first-order valence-corrected chi connectivity index (χ1v) is 11.7. The molecule has 0 saturated carbocycles. The van der Waals surface area contributed by atoms with Gasteiger partial charge in [-0.3, -0.25) is 4.79 Å². The number of nitrogens with one attached hydrogen (secondary N) is 1. The van der Waals surface area contributed by atoms with Crippen LogP contribution in [0.1, 0.15) is 38.2 Å². The summed E-state index contributed by atoms with van der Waals surface area (Å²) < 4.78 is 0. The minimum Gasteiger partial charge on any atom is -0.355 e. The molecule has 2 aliphatic heterocycles. The summed E-state index contributed by atoms with van der Waals surface area (Å²) in [6.07, 6.45) is 4.49. The standard InChI is InChI=1S/C25H35N5O/c1-19-10-14-29(15-11-19)16-12-26-25(31)22-7-4-13-30(18-22)24-9-8-23(27-28-24)21-6-3-5-20(2)17-21/h3,5-6,8-9,17,19,22H,4,7,10-16,18H2,1-2H3,(H,26,31)/t22-/m0/s1. The molecular formula is C25H35N5O. The van der Waals surface area contributed by atoms with E-state index >= 15 is 0 Å². The van der Waals surface area contributed by atoms with Crippen molar-refractivity contribution >= 4 is 11.7 Å². The lowest BCUT2D eigenvalue weighted by molar-refractivity contribution is -0.125. The van der Waals surface area contributed by atoms with Crippen molar-refractivity contribution in [2.45, 2.75) is 39.5 Å². The van der Waals surface area contributed by atoms with Crippen molar-refractivity contribution in [3.63, 3.8) is 0 Å². The van der Waals surface area contributed by atoms with Gasteiger partial charge in [-0.25, -0.2) is 0 Å². The van der Waals surface area contributed by atoms with Crippen LogP contribution in [0.4, 0.5) is 5.82 Å². The summed E-state index contributed by atoms with van der Waals surface area (Å²) in [7, 11) is 0. The van der Waals surface area contributed by atoms with Crippen LogP contribution in [0.15, 0.2) is 36.4 Å². The maximum absolute atomic E-state index is 12.7. The van der Waals surface area contributed by atoms with E-state index in [0.717, 1.165) is 68.6 Å². The number of carbonyl (C=O) groups excluding carboxylic acids is 1. The third-order valence-electron chi connectivity index (χ3n) is 6.68. The Morgan fingerprint density at radius 3 is 2.68 bits per heavy atom. The Bertz CT molecular complexity index is 860. The number of rotatable bonds is 6. The second kappa shape index (κ2) is 10.2. The predicted molar refractivity (Wildman–Crippen MR) is 125 cm³/mol. The van der Waals surface area contributed by atoms with Gasteiger partial charge in [0, 0.05) is 31.7 Å². The summed E-state index contributed by atoms with van der Waals surface area (Å²) in [6.45, 7) is 10.1. The van der Waals surface area contributed by atoms with Crippen LogP contribution in [-0.2, 0) is 4.79 Å². The molecule has 0 spiro atoms. The number of aromatic nitrogens is 2. The van der Waals surface area contributed by atoms with Crippen LogP contribution in [0.2, 0.25) is 0 Å². The molecule has 1 aromatic carbocycles. The molecule has 2 aliphatic rings. The molecule has 1 aromatic heterocycles. The maximum Gasteiger partial charge on any atom is 0.224 e. The monoisotopic (exact) mass is 421 g/mol. The fourth-order valence-electron chi connectivity index (χ4n) is 4.62. The number of amides is 1. The molecule has 1 amide bonds. The van der Waals surface area contributed by atoms with E-state index in [4.69, 9.17) is 0 Å². The number of hydrogen-bond acceptors (Lipinski definition) is 5. The fourth-order valence-corrected chi connectivity index (χ4v) is 4.62. The highest BCUT2D eigenvalue weighted by atomic mass is 16.1. The van der Waals surface area contributed by atoms with Crippen molar-refractivity contribution in [1.82, 2.24) is 20.4 Å². The van der Waals surface area contributed by atoms with E-state index in [1.54, 1.807) is 0 Å². The Kier molecular flexibility index (Phi) is 7.17. The van der Waals surface area contributed by atoms with E-state index in [2.05, 4.69) is 57.4 Å². The lowest BCUT2D eigenvalue weighted by Crippen LogP contribution is -2.45. The van der Waals surface area contributed by atoms with Crippen molar-refractivity contribution in [3.05, 3.63) is 42.0 Å². The zero-order valence-corrected chi connectivity index (χ0v) is 18.9. The molecule has 0 bridgehead atoms. The average molecular weight is 422 g/mol. The van der Waals surface area contributed by atoms with Crippen LogP contribution in [0.3, 0.4) is 0 Å². The van der Waals surface area contributed by atoms with E-state index in [0.29, 0.717) is 6.54 Å². The van der Waals surface area contributed by atoms with Crippen molar-refractivity contribution in [2.24, 2.45) is 11.8 Å². The van der Waals surface area contributed by atoms with Gasteiger partial charge >= 0.3 is 0 Å². The second-order valence-electron chi connectivity index (χ2n) is 9.25. The Balaban J connectivity index is 1.28. The van der Waals surface area contributed by atoms with Gasteiger partial charge in [-0.05, 0) is 69.8 Å². The van der Waals surface area contributed by atoms with Gasteiger partial charge in [0.1, 0.15) is 0 Å². The third-order valence-corrected chi connectivity index (χ3v) is 6.68. The summed E-state index contributed by atoms with van der Waals surface area (Å²) in [4.78, 5) is 17.4. The number of aryl methyl sites for hydroxylation is 1. The first-order valence-electron chi connectivity index (χ1n) is 11.7. The Hall–Kier alpha value is -2.47. The molecular weight excluding hydrogens is 386 g/mol. The van der Waals surface area contributed by atoms with Crippen LogP contribution in [0.25, 0.3) is 11.3 Å². The summed E-state index contributed by atoms with van der Waals surface area (Å²) >= 11 is 0. The first-order chi connectivity index (χ1) is 15.1. The highest BCUT2D eigenvalue weighted by Crippen LogP contribution is 2.24. The number of benzene rings is 1. The normalized spacial score (nSPS) is 20.6. The third kappa shape index (κ3) is 5.82. The minimum absolute atomic E-state index is 0.0216. The zero-order chi connectivity index (χ0) is 21.6. The van der Waals surface area contributed by atoms with Crippen molar-refractivity contribution in [2.75, 3.05) is 44.2 Å². The number of anilines is 1. The predicted octanol–water partition coefficient (Wildman–Crippen LogP) is 3.52. The minimum atomic E-state index is 0.0216. The van der Waals surface area contributed by atoms with Gasteiger partial charge in [0.05, 0.1) is 11.6 Å². The SMILES string of the molecule is Cc1cccc(-c2ccc(N3CCC[C@H](C(=O)NCCN4CCC(C)CC4)C3)nn2)c1. The molecule has 0 aliphatic carbocycles. The van der Waals surface area contributed by atoms with Crippen LogP contribution in [0, 0.1) is 18.8 Å². The van der Waals surface area contributed by atoms with Crippen molar-refractivity contribution in [3.8, 4) is 11.3 Å². The smallest absolute Gasteiger partial charge is 0.224 e. The van der Waals surface area contributed by atoms with Crippen LogP contribution >= 0.6 is 0 Å². The van der Waals surface area contributed by atoms with Crippen molar-refractivity contribution in [1.29, 1.82) is 0 Å². The van der Waals surface area contributed by atoms with E-state index in [1.165, 1.54) is 18.4 Å². The van der Waals surface area contributed by atoms with Crippen molar-refractivity contribution < 1.29 is 4.79 Å². The van der Waals surface area contributed by atoms with Gasteiger partial charge in [-0.15, -0.1) is 10.2 Å². The highest BCUT2D eigenvalue weighted by Gasteiger charge is 2.27. The second-order valence-corrected chi connectivity index (χ2v) is 9.25. The van der Waals surface area contributed by atoms with Crippen LogP contribution < -0.4 is 10.2 Å². The first kappa shape index (κ1) is 21.8. The van der Waals surface area contributed by atoms with Gasteiger partial charge in [-0.1, -0.05) is 30.7 Å². The molecule has 2 aromatic rings. The molecule has 0 radical (unpaired) electrons. The summed E-state index contributed by atoms with van der Waals surface area (Å²) in [6, 6.07) is 12.4. The molecule has 1 N–H and O–H groups in total. The maximum atomic E-state index is 12.7. The van der Waals surface area contributed by atoms with Gasteiger partial charge in [-0.2, -0.15) is 0 Å². The topological polar surface area (TPSA) is 61.4 Å². The fraction of sp³-hybridized carbons (Fsp3) is 0.560. The molecule has 2 saturated heterocycles. The molecule has 3 heterocycles. The Labute approximate surface area is 186 Å². The summed E-state index contributed by atoms with van der Waals surface area (Å²) in [5.74, 6) is 1.90. The van der Waals surface area contributed by atoms with Crippen LogP contribution in [0.5, 0.6) is 0 Å².